The molecular weight excluding hydrogens is 598 g/mol. The molecule has 6 rings (SSSR count). The number of carbonyl (C=O) groups excluding carboxylic acids is 1. The molecule has 242 valence electrons. The molecule has 4 aromatic rings. The third-order valence-corrected chi connectivity index (χ3v) is 8.55. The van der Waals surface area contributed by atoms with Gasteiger partial charge in [0, 0.05) is 49.7 Å². The number of aliphatic hydroxyl groups excluding tert-OH is 1. The van der Waals surface area contributed by atoms with Crippen molar-refractivity contribution >= 4 is 23.6 Å². The molecule has 3 aromatic heterocycles. The molecule has 3 N–H and O–H groups in total. The second-order valence-corrected chi connectivity index (χ2v) is 11.6. The summed E-state index contributed by atoms with van der Waals surface area (Å²) in [7, 11) is 1.50. The Labute approximate surface area is 272 Å². The van der Waals surface area contributed by atoms with E-state index in [1.807, 2.05) is 35.2 Å². The molecule has 4 heterocycles. The molecule has 1 aliphatic carbocycles. The van der Waals surface area contributed by atoms with Gasteiger partial charge < -0.3 is 25.4 Å². The molecule has 2 aliphatic rings. The summed E-state index contributed by atoms with van der Waals surface area (Å²) in [6.07, 6.45) is 12.0. The SMILES string of the molecule is COc1ncc(-c2cnc(N(C(=O)NCc3ccccc3)C3CCC(Nc4ncc(C#N)c(N5CCC(O)CC5)n4)CC3)cn2)cn1. The first-order valence-electron chi connectivity index (χ1n) is 15.8. The lowest BCUT2D eigenvalue weighted by atomic mass is 9.90. The number of methoxy groups -OCH3 is 1. The molecule has 1 aromatic carbocycles. The van der Waals surface area contributed by atoms with Crippen LogP contribution in [0.25, 0.3) is 11.3 Å². The van der Waals surface area contributed by atoms with Gasteiger partial charge in [-0.25, -0.2) is 24.7 Å². The predicted octanol–water partition coefficient (Wildman–Crippen LogP) is 3.70. The van der Waals surface area contributed by atoms with Crippen molar-refractivity contribution in [1.82, 2.24) is 35.2 Å². The number of ether oxygens (including phenoxy) is 1. The monoisotopic (exact) mass is 635 g/mol. The summed E-state index contributed by atoms with van der Waals surface area (Å²) in [5.74, 6) is 1.52. The van der Waals surface area contributed by atoms with Crippen molar-refractivity contribution in [2.75, 3.05) is 35.3 Å². The summed E-state index contributed by atoms with van der Waals surface area (Å²) < 4.78 is 5.05. The highest BCUT2D eigenvalue weighted by molar-refractivity contribution is 5.91. The van der Waals surface area contributed by atoms with E-state index in [1.165, 1.54) is 7.11 Å². The fourth-order valence-electron chi connectivity index (χ4n) is 5.97. The van der Waals surface area contributed by atoms with E-state index >= 15 is 0 Å². The number of hydrogen-bond donors (Lipinski definition) is 3. The molecule has 14 nitrogen and oxygen atoms in total. The second kappa shape index (κ2) is 14.8. The summed E-state index contributed by atoms with van der Waals surface area (Å²) in [6.45, 7) is 1.66. The highest BCUT2D eigenvalue weighted by atomic mass is 16.5. The highest BCUT2D eigenvalue weighted by Gasteiger charge is 2.32. The van der Waals surface area contributed by atoms with E-state index in [4.69, 9.17) is 9.72 Å². The number of aromatic nitrogens is 6. The van der Waals surface area contributed by atoms with Crippen molar-refractivity contribution in [2.45, 2.75) is 63.3 Å². The third-order valence-electron chi connectivity index (χ3n) is 8.55. The fraction of sp³-hybridized carbons (Fsp3) is 0.394. The van der Waals surface area contributed by atoms with Crippen LogP contribution in [0.4, 0.5) is 22.4 Å². The number of anilines is 3. The van der Waals surface area contributed by atoms with Crippen molar-refractivity contribution < 1.29 is 14.6 Å². The first-order chi connectivity index (χ1) is 23.0. The lowest BCUT2D eigenvalue weighted by Gasteiger charge is -2.36. The van der Waals surface area contributed by atoms with Crippen LogP contribution in [0, 0.1) is 11.3 Å². The number of nitrogens with one attached hydrogen (secondary N) is 2. The highest BCUT2D eigenvalue weighted by Crippen LogP contribution is 2.30. The van der Waals surface area contributed by atoms with Gasteiger partial charge in [-0.05, 0) is 44.1 Å². The number of nitriles is 1. The topological polar surface area (TPSA) is 178 Å². The van der Waals surface area contributed by atoms with Crippen LogP contribution in [0.3, 0.4) is 0 Å². The number of amides is 2. The van der Waals surface area contributed by atoms with Crippen molar-refractivity contribution in [3.63, 3.8) is 0 Å². The molecule has 0 spiro atoms. The zero-order valence-corrected chi connectivity index (χ0v) is 26.2. The van der Waals surface area contributed by atoms with Gasteiger partial charge in [-0.15, -0.1) is 0 Å². The number of carbonyl (C=O) groups is 1. The van der Waals surface area contributed by atoms with Gasteiger partial charge in [-0.2, -0.15) is 10.2 Å². The maximum atomic E-state index is 13.7. The zero-order valence-electron chi connectivity index (χ0n) is 26.2. The summed E-state index contributed by atoms with van der Waals surface area (Å²) in [5, 5.41) is 26.1. The Morgan fingerprint density at radius 1 is 0.979 bits per heavy atom. The molecule has 47 heavy (non-hydrogen) atoms. The molecular formula is C33H37N11O3. The van der Waals surface area contributed by atoms with E-state index in [0.29, 0.717) is 66.9 Å². The number of urea groups is 1. The number of benzene rings is 1. The van der Waals surface area contributed by atoms with Crippen LogP contribution in [0.5, 0.6) is 6.01 Å². The Hall–Kier alpha value is -5.42. The van der Waals surface area contributed by atoms with E-state index < -0.39 is 0 Å². The molecule has 0 bridgehead atoms. The Kier molecular flexibility index (Phi) is 9.93. The van der Waals surface area contributed by atoms with Crippen molar-refractivity contribution in [2.24, 2.45) is 0 Å². The first kappa shape index (κ1) is 31.6. The maximum Gasteiger partial charge on any atom is 0.323 e. The standard InChI is InChI=1S/C33H37N11O3/c1-47-32-38-18-24(19-39-32)28-20-36-29(21-35-28)44(33(46)40-16-22-5-3-2-4-6-22)26-9-7-25(8-10-26)41-31-37-17-23(15-34)30(42-31)43-13-11-27(45)12-14-43/h2-6,17-21,25-27,45H,7-14,16H2,1H3,(H,40,46)(H,37,41,42). The number of hydrogen-bond acceptors (Lipinski definition) is 12. The average Bonchev–Trinajstić information content (AvgIpc) is 3.13. The maximum absolute atomic E-state index is 13.7. The Morgan fingerprint density at radius 2 is 1.72 bits per heavy atom. The molecule has 2 amide bonds. The molecule has 0 radical (unpaired) electrons. The number of nitrogens with zero attached hydrogens (tertiary/aromatic N) is 9. The normalized spacial score (nSPS) is 18.2. The minimum absolute atomic E-state index is 0.0907. The zero-order chi connectivity index (χ0) is 32.6. The average molecular weight is 636 g/mol. The van der Waals surface area contributed by atoms with Crippen molar-refractivity contribution in [3.05, 3.63) is 72.4 Å². The van der Waals surface area contributed by atoms with Crippen LogP contribution in [-0.2, 0) is 6.54 Å². The van der Waals surface area contributed by atoms with Crippen LogP contribution < -0.4 is 25.2 Å². The molecule has 1 saturated carbocycles. The van der Waals surface area contributed by atoms with Gasteiger partial charge in [0.15, 0.2) is 11.6 Å². The van der Waals surface area contributed by atoms with Gasteiger partial charge in [0.05, 0.1) is 37.5 Å². The molecule has 14 heteroatoms. The molecule has 0 unspecified atom stereocenters. The van der Waals surface area contributed by atoms with Gasteiger partial charge in [-0.1, -0.05) is 30.3 Å². The van der Waals surface area contributed by atoms with Gasteiger partial charge in [0.25, 0.3) is 0 Å². The smallest absolute Gasteiger partial charge is 0.323 e. The van der Waals surface area contributed by atoms with Gasteiger partial charge in [0.2, 0.25) is 5.95 Å². The summed E-state index contributed by atoms with van der Waals surface area (Å²) in [5.41, 5.74) is 2.68. The number of aliphatic hydroxyl groups is 1. The van der Waals surface area contributed by atoms with Crippen LogP contribution in [-0.4, -0.2) is 79.4 Å². The largest absolute Gasteiger partial charge is 0.467 e. The summed E-state index contributed by atoms with van der Waals surface area (Å²) in [4.78, 5) is 44.1. The number of rotatable bonds is 9. The van der Waals surface area contributed by atoms with Crippen LogP contribution in [0.15, 0.2) is 61.3 Å². The lowest BCUT2D eigenvalue weighted by Crippen LogP contribution is -2.49. The molecule has 2 fully saturated rings. The van der Waals surface area contributed by atoms with E-state index in [-0.39, 0.29) is 30.2 Å². The first-order valence-corrected chi connectivity index (χ1v) is 15.8. The van der Waals surface area contributed by atoms with Crippen molar-refractivity contribution in [1.29, 1.82) is 5.26 Å². The quantitative estimate of drug-likeness (QED) is 0.243. The molecule has 0 atom stereocenters. The van der Waals surface area contributed by atoms with Crippen LogP contribution in [0.2, 0.25) is 0 Å². The molecule has 1 saturated heterocycles. The molecule has 1 aliphatic heterocycles. The lowest BCUT2D eigenvalue weighted by molar-refractivity contribution is 0.145. The summed E-state index contributed by atoms with van der Waals surface area (Å²) >= 11 is 0. The van der Waals surface area contributed by atoms with Gasteiger partial charge in [0.1, 0.15) is 11.6 Å². The van der Waals surface area contributed by atoms with Crippen molar-refractivity contribution in [3.8, 4) is 23.3 Å². The Bertz CT molecular complexity index is 1670. The van der Waals surface area contributed by atoms with E-state index in [2.05, 4.69) is 41.6 Å². The predicted molar refractivity (Wildman–Crippen MR) is 175 cm³/mol. The second-order valence-electron chi connectivity index (χ2n) is 11.6. The minimum atomic E-state index is -0.321. The van der Waals surface area contributed by atoms with E-state index in [1.54, 1.807) is 35.9 Å². The van der Waals surface area contributed by atoms with Crippen LogP contribution >= 0.6 is 0 Å². The Morgan fingerprint density at radius 3 is 2.38 bits per heavy atom. The summed E-state index contributed by atoms with van der Waals surface area (Å²) in [6, 6.07) is 12.0. The van der Waals surface area contributed by atoms with E-state index in [9.17, 15) is 15.2 Å². The van der Waals surface area contributed by atoms with E-state index in [0.717, 1.165) is 31.2 Å². The van der Waals surface area contributed by atoms with Crippen LogP contribution in [0.1, 0.15) is 49.7 Å². The third kappa shape index (κ3) is 7.70. The van der Waals surface area contributed by atoms with Gasteiger partial charge in [-0.3, -0.25) is 9.88 Å². The van der Waals surface area contributed by atoms with Gasteiger partial charge >= 0.3 is 12.0 Å². The number of piperidine rings is 1. The minimum Gasteiger partial charge on any atom is -0.467 e. The Balaban J connectivity index is 1.15. The fourth-order valence-corrected chi connectivity index (χ4v) is 5.97.